The van der Waals surface area contributed by atoms with Gasteiger partial charge in [-0.15, -0.1) is 0 Å². The van der Waals surface area contributed by atoms with Crippen molar-refractivity contribution < 1.29 is 22.4 Å². The molecule has 2 aromatic rings. The van der Waals surface area contributed by atoms with Crippen LogP contribution in [0.2, 0.25) is 0 Å². The molecule has 0 bridgehead atoms. The average molecular weight is 364 g/mol. The number of rotatable bonds is 8. The minimum Gasteiger partial charge on any atom is -0.467 e. The van der Waals surface area contributed by atoms with Gasteiger partial charge in [0.05, 0.1) is 24.8 Å². The number of hydrogen-bond donors (Lipinski definition) is 1. The van der Waals surface area contributed by atoms with Gasteiger partial charge in [0.15, 0.2) is 5.78 Å². The van der Waals surface area contributed by atoms with Crippen molar-refractivity contribution in [1.29, 1.82) is 0 Å². The molecule has 0 atom stereocenters. The molecular formula is C17H20N2O5S. The molecule has 7 nitrogen and oxygen atoms in total. The van der Waals surface area contributed by atoms with Crippen LogP contribution in [0.1, 0.15) is 29.5 Å². The first-order valence-corrected chi connectivity index (χ1v) is 9.50. The Kier molecular flexibility index (Phi) is 5.97. The molecule has 2 rings (SSSR count). The van der Waals surface area contributed by atoms with Crippen LogP contribution in [0, 0.1) is 0 Å². The van der Waals surface area contributed by atoms with E-state index in [1.165, 1.54) is 19.3 Å². The highest BCUT2D eigenvalue weighted by Gasteiger charge is 2.19. The molecule has 1 N–H and O–H groups in total. The molecule has 0 spiro atoms. The fourth-order valence-corrected chi connectivity index (χ4v) is 3.18. The lowest BCUT2D eigenvalue weighted by Gasteiger charge is -2.22. The number of anilines is 1. The summed E-state index contributed by atoms with van der Waals surface area (Å²) in [5.74, 6) is 0.154. The number of sulfonamides is 1. The van der Waals surface area contributed by atoms with Crippen LogP contribution in [0.4, 0.5) is 5.69 Å². The van der Waals surface area contributed by atoms with E-state index in [4.69, 9.17) is 4.42 Å². The highest BCUT2D eigenvalue weighted by atomic mass is 32.2. The largest absolute Gasteiger partial charge is 0.467 e. The number of amides is 1. The van der Waals surface area contributed by atoms with Crippen LogP contribution in [0.15, 0.2) is 47.1 Å². The maximum absolute atomic E-state index is 12.1. The van der Waals surface area contributed by atoms with Crippen LogP contribution in [0.3, 0.4) is 0 Å². The van der Waals surface area contributed by atoms with Crippen molar-refractivity contribution in [2.75, 3.05) is 17.1 Å². The Balaban J connectivity index is 2.04. The summed E-state index contributed by atoms with van der Waals surface area (Å²) in [5, 5.41) is 2.66. The topological polar surface area (TPSA) is 96.7 Å². The second kappa shape index (κ2) is 7.98. The molecule has 1 heterocycles. The van der Waals surface area contributed by atoms with Crippen molar-refractivity contribution in [2.24, 2.45) is 0 Å². The van der Waals surface area contributed by atoms with E-state index in [0.717, 1.165) is 10.6 Å². The minimum atomic E-state index is -3.59. The molecule has 1 aromatic carbocycles. The number of benzene rings is 1. The second-order valence-electron chi connectivity index (χ2n) is 5.55. The number of carbonyl (C=O) groups excluding carboxylic acids is 2. The standard InChI is InChI=1S/C17H20N2O5S/c1-13(20)14-5-3-6-15(11-14)19(25(2,22)23)9-8-17(21)18-12-16-7-4-10-24-16/h3-7,10-11H,8-9,12H2,1-2H3,(H,18,21). The third-order valence-electron chi connectivity index (χ3n) is 3.52. The Labute approximate surface area is 146 Å². The van der Waals surface area contributed by atoms with Crippen LogP contribution < -0.4 is 9.62 Å². The molecule has 8 heteroatoms. The predicted molar refractivity (Wildman–Crippen MR) is 93.8 cm³/mol. The summed E-state index contributed by atoms with van der Waals surface area (Å²) in [6.45, 7) is 1.63. The fourth-order valence-electron chi connectivity index (χ4n) is 2.26. The molecule has 0 saturated carbocycles. The van der Waals surface area contributed by atoms with Gasteiger partial charge in [-0.05, 0) is 31.2 Å². The molecule has 0 radical (unpaired) electrons. The second-order valence-corrected chi connectivity index (χ2v) is 7.45. The van der Waals surface area contributed by atoms with E-state index in [2.05, 4.69) is 5.32 Å². The van der Waals surface area contributed by atoms with Crippen molar-refractivity contribution in [3.8, 4) is 0 Å². The maximum Gasteiger partial charge on any atom is 0.232 e. The highest BCUT2D eigenvalue weighted by Crippen LogP contribution is 2.20. The van der Waals surface area contributed by atoms with Crippen LogP contribution in [-0.2, 0) is 21.4 Å². The van der Waals surface area contributed by atoms with Crippen LogP contribution in [-0.4, -0.2) is 32.9 Å². The van der Waals surface area contributed by atoms with Crippen LogP contribution in [0.25, 0.3) is 0 Å². The zero-order valence-corrected chi connectivity index (χ0v) is 14.9. The van der Waals surface area contributed by atoms with Gasteiger partial charge in [0, 0.05) is 18.5 Å². The first-order chi connectivity index (χ1) is 11.8. The summed E-state index contributed by atoms with van der Waals surface area (Å²) in [6, 6.07) is 9.77. The van der Waals surface area contributed by atoms with Crippen molar-refractivity contribution in [3.05, 3.63) is 54.0 Å². The quantitative estimate of drug-likeness (QED) is 0.722. The van der Waals surface area contributed by atoms with Gasteiger partial charge in [0.2, 0.25) is 15.9 Å². The Morgan fingerprint density at radius 2 is 1.96 bits per heavy atom. The summed E-state index contributed by atoms with van der Waals surface area (Å²) in [4.78, 5) is 23.4. The van der Waals surface area contributed by atoms with Gasteiger partial charge in [0.25, 0.3) is 0 Å². The summed E-state index contributed by atoms with van der Waals surface area (Å²) in [5.41, 5.74) is 0.766. The van der Waals surface area contributed by atoms with E-state index >= 15 is 0 Å². The molecule has 0 aliphatic rings. The number of Topliss-reactive ketones (excluding diaryl/α,β-unsaturated/α-hetero) is 1. The summed E-state index contributed by atoms with van der Waals surface area (Å²) in [6.07, 6.45) is 2.56. The normalized spacial score (nSPS) is 11.1. The van der Waals surface area contributed by atoms with Gasteiger partial charge in [-0.25, -0.2) is 8.42 Å². The molecule has 25 heavy (non-hydrogen) atoms. The molecule has 0 unspecified atom stereocenters. The lowest BCUT2D eigenvalue weighted by Crippen LogP contribution is -2.34. The van der Waals surface area contributed by atoms with Gasteiger partial charge in [-0.1, -0.05) is 12.1 Å². The average Bonchev–Trinajstić information content (AvgIpc) is 3.05. The smallest absolute Gasteiger partial charge is 0.232 e. The Morgan fingerprint density at radius 3 is 2.56 bits per heavy atom. The van der Waals surface area contributed by atoms with Crippen molar-refractivity contribution in [1.82, 2.24) is 5.32 Å². The molecular weight excluding hydrogens is 344 g/mol. The van der Waals surface area contributed by atoms with E-state index in [0.29, 0.717) is 17.0 Å². The summed E-state index contributed by atoms with van der Waals surface area (Å²) in [7, 11) is -3.59. The molecule has 1 aromatic heterocycles. The zero-order chi connectivity index (χ0) is 18.4. The summed E-state index contributed by atoms with van der Waals surface area (Å²) < 4.78 is 30.4. The lowest BCUT2D eigenvalue weighted by molar-refractivity contribution is -0.121. The van der Waals surface area contributed by atoms with Gasteiger partial charge in [0.1, 0.15) is 5.76 Å². The van der Waals surface area contributed by atoms with Gasteiger partial charge in [-0.3, -0.25) is 13.9 Å². The zero-order valence-electron chi connectivity index (χ0n) is 14.1. The molecule has 0 aliphatic carbocycles. The number of furan rings is 1. The maximum atomic E-state index is 12.1. The van der Waals surface area contributed by atoms with E-state index in [-0.39, 0.29) is 31.2 Å². The lowest BCUT2D eigenvalue weighted by atomic mass is 10.1. The van der Waals surface area contributed by atoms with E-state index in [1.807, 2.05) is 0 Å². The molecule has 0 aliphatic heterocycles. The van der Waals surface area contributed by atoms with E-state index < -0.39 is 10.0 Å². The van der Waals surface area contributed by atoms with Gasteiger partial charge >= 0.3 is 0 Å². The third kappa shape index (κ3) is 5.46. The number of carbonyl (C=O) groups is 2. The molecule has 0 fully saturated rings. The van der Waals surface area contributed by atoms with E-state index in [9.17, 15) is 18.0 Å². The Bertz CT molecular complexity index is 844. The van der Waals surface area contributed by atoms with Crippen LogP contribution in [0.5, 0.6) is 0 Å². The minimum absolute atomic E-state index is 0.0158. The molecule has 134 valence electrons. The van der Waals surface area contributed by atoms with Gasteiger partial charge < -0.3 is 9.73 Å². The monoisotopic (exact) mass is 364 g/mol. The predicted octanol–water partition coefficient (Wildman–Crippen LogP) is 1.95. The molecule has 0 saturated heterocycles. The first-order valence-electron chi connectivity index (χ1n) is 7.65. The van der Waals surface area contributed by atoms with E-state index in [1.54, 1.807) is 30.3 Å². The number of nitrogens with one attached hydrogen (secondary N) is 1. The highest BCUT2D eigenvalue weighted by molar-refractivity contribution is 7.92. The number of hydrogen-bond acceptors (Lipinski definition) is 5. The van der Waals surface area contributed by atoms with Crippen molar-refractivity contribution >= 4 is 27.4 Å². The fraction of sp³-hybridized carbons (Fsp3) is 0.294. The molecule has 1 amide bonds. The first kappa shape index (κ1) is 18.7. The van der Waals surface area contributed by atoms with Crippen LogP contribution >= 0.6 is 0 Å². The SMILES string of the molecule is CC(=O)c1cccc(N(CCC(=O)NCc2ccco2)S(C)(=O)=O)c1. The Morgan fingerprint density at radius 1 is 1.20 bits per heavy atom. The van der Waals surface area contributed by atoms with Crippen molar-refractivity contribution in [2.45, 2.75) is 19.9 Å². The number of ketones is 1. The summed E-state index contributed by atoms with van der Waals surface area (Å²) >= 11 is 0. The van der Waals surface area contributed by atoms with Crippen molar-refractivity contribution in [3.63, 3.8) is 0 Å². The Hall–Kier alpha value is -2.61. The third-order valence-corrected chi connectivity index (χ3v) is 4.72. The van der Waals surface area contributed by atoms with Gasteiger partial charge in [-0.2, -0.15) is 0 Å². The number of nitrogens with zero attached hydrogens (tertiary/aromatic N) is 1.